The monoisotopic (exact) mass is 505 g/mol. The van der Waals surface area contributed by atoms with Crippen molar-refractivity contribution >= 4 is 46.2 Å². The van der Waals surface area contributed by atoms with Gasteiger partial charge in [-0.2, -0.15) is 0 Å². The van der Waals surface area contributed by atoms with Crippen LogP contribution in [0.25, 0.3) is 5.69 Å². The molecule has 1 aliphatic heterocycles. The van der Waals surface area contributed by atoms with Gasteiger partial charge in [0.05, 0.1) is 37.0 Å². The Bertz CT molecular complexity index is 1300. The third kappa shape index (κ3) is 4.37. The predicted octanol–water partition coefficient (Wildman–Crippen LogP) is 3.66. The van der Waals surface area contributed by atoms with E-state index >= 15 is 0 Å². The van der Waals surface area contributed by atoms with Gasteiger partial charge in [-0.25, -0.2) is 4.68 Å². The summed E-state index contributed by atoms with van der Waals surface area (Å²) < 4.78 is 1.37. The molecule has 0 radical (unpaired) electrons. The average molecular weight is 506 g/mol. The summed E-state index contributed by atoms with van der Waals surface area (Å²) >= 11 is 12.4. The van der Waals surface area contributed by atoms with Crippen LogP contribution in [0.5, 0.6) is 0 Å². The molecule has 2 heterocycles. The molecule has 1 aliphatic rings. The van der Waals surface area contributed by atoms with Crippen molar-refractivity contribution in [2.24, 2.45) is 0 Å². The normalized spacial score (nSPS) is 13.7. The minimum atomic E-state index is -0.553. The standard InChI is InChI=1S/C20H17Cl2N7O5/c1-12-19(23-24-27(12)18-5-3-14(29(33)34)11-16(18)22)20(30)26-8-6-25(7-9-26)17-4-2-13(28(31)32)10-15(17)21/h2-5,10-11H,6-9H2,1H3. The Labute approximate surface area is 202 Å². The van der Waals surface area contributed by atoms with Crippen LogP contribution in [0.15, 0.2) is 36.4 Å². The molecule has 1 aromatic heterocycles. The van der Waals surface area contributed by atoms with E-state index in [2.05, 4.69) is 10.3 Å². The lowest BCUT2D eigenvalue weighted by Gasteiger charge is -2.36. The van der Waals surface area contributed by atoms with Gasteiger partial charge in [0.15, 0.2) is 5.69 Å². The van der Waals surface area contributed by atoms with E-state index < -0.39 is 9.85 Å². The number of anilines is 1. The van der Waals surface area contributed by atoms with Gasteiger partial charge in [0, 0.05) is 50.4 Å². The molecule has 176 valence electrons. The lowest BCUT2D eigenvalue weighted by molar-refractivity contribution is -0.385. The minimum Gasteiger partial charge on any atom is -0.367 e. The Balaban J connectivity index is 1.48. The lowest BCUT2D eigenvalue weighted by atomic mass is 10.2. The Morgan fingerprint density at radius 1 is 0.912 bits per heavy atom. The maximum atomic E-state index is 13.1. The number of nitrogens with zero attached hydrogens (tertiary/aromatic N) is 7. The van der Waals surface area contributed by atoms with Gasteiger partial charge in [0.25, 0.3) is 17.3 Å². The summed E-state index contributed by atoms with van der Waals surface area (Å²) in [5.41, 5.74) is 1.38. The molecule has 1 fully saturated rings. The zero-order chi connectivity index (χ0) is 24.6. The summed E-state index contributed by atoms with van der Waals surface area (Å²) in [7, 11) is 0. The second-order valence-electron chi connectivity index (χ2n) is 7.50. The molecule has 4 rings (SSSR count). The van der Waals surface area contributed by atoms with Crippen LogP contribution < -0.4 is 4.90 Å². The quantitative estimate of drug-likeness (QED) is 0.377. The number of non-ortho nitro benzene ring substituents is 2. The van der Waals surface area contributed by atoms with Crippen LogP contribution in [0.3, 0.4) is 0 Å². The Kier molecular flexibility index (Phi) is 6.35. The summed E-state index contributed by atoms with van der Waals surface area (Å²) in [4.78, 5) is 37.5. The van der Waals surface area contributed by atoms with Gasteiger partial charge in [-0.15, -0.1) is 5.10 Å². The zero-order valence-electron chi connectivity index (χ0n) is 17.7. The molecule has 0 spiro atoms. The van der Waals surface area contributed by atoms with Gasteiger partial charge in [0.1, 0.15) is 0 Å². The third-order valence-corrected chi connectivity index (χ3v) is 6.12. The number of nitro groups is 2. The number of rotatable bonds is 5. The summed E-state index contributed by atoms with van der Waals surface area (Å²) in [5.74, 6) is -0.309. The molecule has 2 aromatic carbocycles. The molecule has 0 atom stereocenters. The van der Waals surface area contributed by atoms with Crippen molar-refractivity contribution < 1.29 is 14.6 Å². The number of hydrogen-bond acceptors (Lipinski definition) is 8. The zero-order valence-corrected chi connectivity index (χ0v) is 19.2. The third-order valence-electron chi connectivity index (χ3n) is 5.52. The van der Waals surface area contributed by atoms with Crippen molar-refractivity contribution in [3.05, 3.63) is 78.1 Å². The fraction of sp³-hybridized carbons (Fsp3) is 0.250. The van der Waals surface area contributed by atoms with E-state index in [-0.39, 0.29) is 33.0 Å². The largest absolute Gasteiger partial charge is 0.367 e. The van der Waals surface area contributed by atoms with E-state index in [9.17, 15) is 25.0 Å². The van der Waals surface area contributed by atoms with Crippen LogP contribution in [0.2, 0.25) is 10.0 Å². The Morgan fingerprint density at radius 2 is 1.44 bits per heavy atom. The number of benzene rings is 2. The number of carbonyl (C=O) groups excluding carboxylic acids is 1. The summed E-state index contributed by atoms with van der Waals surface area (Å²) in [6.45, 7) is 3.39. The topological polar surface area (TPSA) is 141 Å². The molecule has 34 heavy (non-hydrogen) atoms. The number of nitro benzene ring substituents is 2. The van der Waals surface area contributed by atoms with Crippen molar-refractivity contribution in [1.82, 2.24) is 19.9 Å². The second kappa shape index (κ2) is 9.23. The first-order valence-corrected chi connectivity index (χ1v) is 10.8. The molecule has 3 aromatic rings. The molecule has 0 unspecified atom stereocenters. The van der Waals surface area contributed by atoms with Crippen LogP contribution in [-0.2, 0) is 0 Å². The van der Waals surface area contributed by atoms with Crippen LogP contribution in [0.1, 0.15) is 16.2 Å². The van der Waals surface area contributed by atoms with Crippen molar-refractivity contribution in [2.45, 2.75) is 6.92 Å². The Morgan fingerprint density at radius 3 is 1.94 bits per heavy atom. The van der Waals surface area contributed by atoms with Gasteiger partial charge in [-0.3, -0.25) is 25.0 Å². The van der Waals surface area contributed by atoms with Gasteiger partial charge >= 0.3 is 0 Å². The predicted molar refractivity (Wildman–Crippen MR) is 124 cm³/mol. The van der Waals surface area contributed by atoms with E-state index in [1.54, 1.807) is 17.9 Å². The lowest BCUT2D eigenvalue weighted by Crippen LogP contribution is -2.49. The molecule has 0 aliphatic carbocycles. The summed E-state index contributed by atoms with van der Waals surface area (Å²) in [6.07, 6.45) is 0. The van der Waals surface area contributed by atoms with Crippen molar-refractivity contribution in [3.8, 4) is 5.69 Å². The number of aromatic nitrogens is 3. The van der Waals surface area contributed by atoms with E-state index in [4.69, 9.17) is 23.2 Å². The van der Waals surface area contributed by atoms with E-state index in [1.807, 2.05) is 4.90 Å². The molecule has 1 amide bonds. The molecule has 0 bridgehead atoms. The van der Waals surface area contributed by atoms with Crippen molar-refractivity contribution in [1.29, 1.82) is 0 Å². The fourth-order valence-electron chi connectivity index (χ4n) is 3.70. The van der Waals surface area contributed by atoms with Gasteiger partial charge in [-0.05, 0) is 19.1 Å². The molecule has 1 saturated heterocycles. The summed E-state index contributed by atoms with van der Waals surface area (Å²) in [6, 6.07) is 8.25. The molecule has 0 N–H and O–H groups in total. The summed E-state index contributed by atoms with van der Waals surface area (Å²) in [5, 5.41) is 30.3. The van der Waals surface area contributed by atoms with Crippen LogP contribution in [0, 0.1) is 27.2 Å². The molecule has 12 nitrogen and oxygen atoms in total. The molecular weight excluding hydrogens is 489 g/mol. The number of carbonyl (C=O) groups is 1. The highest BCUT2D eigenvalue weighted by molar-refractivity contribution is 6.33. The maximum absolute atomic E-state index is 13.1. The number of piperazine rings is 1. The number of hydrogen-bond donors (Lipinski definition) is 0. The first kappa shape index (κ1) is 23.4. The van der Waals surface area contributed by atoms with E-state index in [0.29, 0.717) is 43.2 Å². The van der Waals surface area contributed by atoms with Crippen LogP contribution in [0.4, 0.5) is 17.1 Å². The van der Waals surface area contributed by atoms with Crippen LogP contribution in [-0.4, -0.2) is 61.8 Å². The second-order valence-corrected chi connectivity index (χ2v) is 8.31. The molecule has 14 heteroatoms. The highest BCUT2D eigenvalue weighted by Crippen LogP contribution is 2.31. The smallest absolute Gasteiger partial charge is 0.276 e. The SMILES string of the molecule is Cc1c(C(=O)N2CCN(c3ccc([N+](=O)[O-])cc3Cl)CC2)nnn1-c1ccc([N+](=O)[O-])cc1Cl. The van der Waals surface area contributed by atoms with Gasteiger partial charge < -0.3 is 9.80 Å². The fourth-order valence-corrected chi connectivity index (χ4v) is 4.25. The molecular formula is C20H17Cl2N7O5. The van der Waals surface area contributed by atoms with E-state index in [1.165, 1.54) is 35.0 Å². The molecule has 0 saturated carbocycles. The maximum Gasteiger partial charge on any atom is 0.276 e. The van der Waals surface area contributed by atoms with Crippen LogP contribution >= 0.6 is 23.2 Å². The van der Waals surface area contributed by atoms with Gasteiger partial charge in [-0.1, -0.05) is 28.4 Å². The number of amides is 1. The minimum absolute atomic E-state index is 0.0887. The first-order chi connectivity index (χ1) is 16.2. The van der Waals surface area contributed by atoms with Crippen molar-refractivity contribution in [3.63, 3.8) is 0 Å². The van der Waals surface area contributed by atoms with Crippen molar-refractivity contribution in [2.75, 3.05) is 31.1 Å². The highest BCUT2D eigenvalue weighted by Gasteiger charge is 2.28. The Hall–Kier alpha value is -3.77. The number of halogens is 2. The van der Waals surface area contributed by atoms with Gasteiger partial charge in [0.2, 0.25) is 0 Å². The van der Waals surface area contributed by atoms with E-state index in [0.717, 1.165) is 0 Å². The highest BCUT2D eigenvalue weighted by atomic mass is 35.5. The first-order valence-electron chi connectivity index (χ1n) is 10.0. The average Bonchev–Trinajstić information content (AvgIpc) is 3.19.